The van der Waals surface area contributed by atoms with Crippen molar-refractivity contribution in [2.75, 3.05) is 6.54 Å². The first kappa shape index (κ1) is 12.5. The second-order valence-electron chi connectivity index (χ2n) is 3.57. The summed E-state index contributed by atoms with van der Waals surface area (Å²) in [5.74, 6) is 0. The number of benzene rings is 1. The quantitative estimate of drug-likeness (QED) is 0.731. The number of nitrogens with two attached hydrogens (primary N) is 1. The summed E-state index contributed by atoms with van der Waals surface area (Å²) in [4.78, 5) is 0. The lowest BCUT2D eigenvalue weighted by Crippen LogP contribution is -2.22. The van der Waals surface area contributed by atoms with E-state index in [0.29, 0.717) is 23.6 Å². The lowest BCUT2D eigenvalue weighted by molar-refractivity contribution is 0.0150. The summed E-state index contributed by atoms with van der Waals surface area (Å²) in [6, 6.07) is 5.36. The summed E-state index contributed by atoms with van der Waals surface area (Å²) in [7, 11) is 0. The van der Waals surface area contributed by atoms with Crippen molar-refractivity contribution in [1.29, 1.82) is 0 Å². The Morgan fingerprint density at radius 2 is 2.07 bits per heavy atom. The molecule has 84 valence electrons. The fourth-order valence-electron chi connectivity index (χ4n) is 1.43. The summed E-state index contributed by atoms with van der Waals surface area (Å²) >= 11 is 6.03. The van der Waals surface area contributed by atoms with E-state index >= 15 is 0 Å². The lowest BCUT2D eigenvalue weighted by atomic mass is 10.0. The average molecular weight is 230 g/mol. The standard InChI is InChI=1S/C11H16ClNO2/c1-7-3-2-4-8(10(7)12)11(15)9(14)5-6-13/h2-4,9,11,14-15H,5-6,13H2,1H3. The van der Waals surface area contributed by atoms with Crippen molar-refractivity contribution in [2.24, 2.45) is 5.73 Å². The molecule has 0 aliphatic carbocycles. The van der Waals surface area contributed by atoms with Gasteiger partial charge in [-0.15, -0.1) is 0 Å². The molecule has 0 aliphatic heterocycles. The Bertz CT molecular complexity index is 330. The van der Waals surface area contributed by atoms with Crippen LogP contribution >= 0.6 is 11.6 Å². The molecule has 4 heteroatoms. The van der Waals surface area contributed by atoms with Gasteiger partial charge < -0.3 is 15.9 Å². The van der Waals surface area contributed by atoms with E-state index in [0.717, 1.165) is 5.56 Å². The van der Waals surface area contributed by atoms with E-state index in [1.807, 2.05) is 13.0 Å². The highest BCUT2D eigenvalue weighted by molar-refractivity contribution is 6.32. The minimum absolute atomic E-state index is 0.335. The molecule has 0 amide bonds. The fraction of sp³-hybridized carbons (Fsp3) is 0.455. The molecule has 0 bridgehead atoms. The van der Waals surface area contributed by atoms with Crippen LogP contribution in [0.1, 0.15) is 23.7 Å². The highest BCUT2D eigenvalue weighted by atomic mass is 35.5. The van der Waals surface area contributed by atoms with Crippen molar-refractivity contribution < 1.29 is 10.2 Å². The fourth-order valence-corrected chi connectivity index (χ4v) is 1.67. The molecule has 0 fully saturated rings. The first-order chi connectivity index (χ1) is 7.07. The van der Waals surface area contributed by atoms with E-state index in [9.17, 15) is 10.2 Å². The number of hydrogen-bond donors (Lipinski definition) is 3. The number of rotatable bonds is 4. The van der Waals surface area contributed by atoms with E-state index in [4.69, 9.17) is 17.3 Å². The van der Waals surface area contributed by atoms with Gasteiger partial charge in [0.1, 0.15) is 6.10 Å². The Morgan fingerprint density at radius 3 is 2.67 bits per heavy atom. The highest BCUT2D eigenvalue weighted by Crippen LogP contribution is 2.28. The molecule has 0 heterocycles. The van der Waals surface area contributed by atoms with Crippen molar-refractivity contribution in [1.82, 2.24) is 0 Å². The van der Waals surface area contributed by atoms with E-state index < -0.39 is 12.2 Å². The highest BCUT2D eigenvalue weighted by Gasteiger charge is 2.20. The van der Waals surface area contributed by atoms with Gasteiger partial charge in [0.2, 0.25) is 0 Å². The van der Waals surface area contributed by atoms with E-state index in [1.54, 1.807) is 12.1 Å². The number of halogens is 1. The zero-order valence-electron chi connectivity index (χ0n) is 8.65. The molecular formula is C11H16ClNO2. The average Bonchev–Trinajstić information content (AvgIpc) is 2.21. The number of aliphatic hydroxyl groups is 2. The van der Waals surface area contributed by atoms with Crippen molar-refractivity contribution in [3.8, 4) is 0 Å². The molecule has 0 saturated carbocycles. The topological polar surface area (TPSA) is 66.5 Å². The monoisotopic (exact) mass is 229 g/mol. The molecule has 0 aliphatic rings. The van der Waals surface area contributed by atoms with Crippen LogP contribution in [-0.2, 0) is 0 Å². The van der Waals surface area contributed by atoms with Crippen LogP contribution in [0.2, 0.25) is 5.02 Å². The Hall–Kier alpha value is -0.610. The smallest absolute Gasteiger partial charge is 0.106 e. The lowest BCUT2D eigenvalue weighted by Gasteiger charge is -2.19. The first-order valence-electron chi connectivity index (χ1n) is 4.89. The van der Waals surface area contributed by atoms with Gasteiger partial charge in [-0.2, -0.15) is 0 Å². The van der Waals surface area contributed by atoms with Crippen LogP contribution < -0.4 is 5.73 Å². The van der Waals surface area contributed by atoms with Crippen LogP contribution in [0.3, 0.4) is 0 Å². The summed E-state index contributed by atoms with van der Waals surface area (Å²) in [5.41, 5.74) is 6.75. The van der Waals surface area contributed by atoms with Crippen molar-refractivity contribution in [2.45, 2.75) is 25.6 Å². The largest absolute Gasteiger partial charge is 0.390 e. The zero-order chi connectivity index (χ0) is 11.4. The van der Waals surface area contributed by atoms with Gasteiger partial charge in [0.05, 0.1) is 6.10 Å². The molecule has 3 nitrogen and oxygen atoms in total. The molecular weight excluding hydrogens is 214 g/mol. The third-order valence-corrected chi connectivity index (χ3v) is 2.88. The maximum atomic E-state index is 9.84. The third kappa shape index (κ3) is 2.92. The predicted molar refractivity (Wildman–Crippen MR) is 60.8 cm³/mol. The molecule has 0 aromatic heterocycles. The first-order valence-corrected chi connectivity index (χ1v) is 5.27. The molecule has 2 unspecified atom stereocenters. The van der Waals surface area contributed by atoms with Crippen LogP contribution in [0, 0.1) is 6.92 Å². The minimum atomic E-state index is -0.971. The van der Waals surface area contributed by atoms with Crippen LogP contribution in [-0.4, -0.2) is 22.9 Å². The van der Waals surface area contributed by atoms with Gasteiger partial charge in [-0.3, -0.25) is 0 Å². The number of aryl methyl sites for hydroxylation is 1. The Kier molecular flexibility index (Phi) is 4.54. The second kappa shape index (κ2) is 5.47. The zero-order valence-corrected chi connectivity index (χ0v) is 9.41. The van der Waals surface area contributed by atoms with Crippen molar-refractivity contribution in [3.63, 3.8) is 0 Å². The number of aliphatic hydroxyl groups excluding tert-OH is 2. The molecule has 15 heavy (non-hydrogen) atoms. The Labute approximate surface area is 94.5 Å². The predicted octanol–water partition coefficient (Wildman–Crippen LogP) is 1.39. The molecule has 0 radical (unpaired) electrons. The van der Waals surface area contributed by atoms with Gasteiger partial charge >= 0.3 is 0 Å². The maximum Gasteiger partial charge on any atom is 0.106 e. The number of hydrogen-bond acceptors (Lipinski definition) is 3. The van der Waals surface area contributed by atoms with E-state index in [2.05, 4.69) is 0 Å². The normalized spacial score (nSPS) is 15.0. The van der Waals surface area contributed by atoms with Gasteiger partial charge in [-0.1, -0.05) is 29.8 Å². The summed E-state index contributed by atoms with van der Waals surface area (Å²) in [6.45, 7) is 2.19. The van der Waals surface area contributed by atoms with Gasteiger partial charge in [0.15, 0.2) is 0 Å². The van der Waals surface area contributed by atoms with Gasteiger partial charge in [0.25, 0.3) is 0 Å². The van der Waals surface area contributed by atoms with Crippen molar-refractivity contribution >= 4 is 11.6 Å². The Balaban J connectivity index is 2.90. The summed E-state index contributed by atoms with van der Waals surface area (Å²) in [6.07, 6.45) is -1.49. The van der Waals surface area contributed by atoms with Crippen LogP contribution in [0.5, 0.6) is 0 Å². The van der Waals surface area contributed by atoms with Crippen LogP contribution in [0.25, 0.3) is 0 Å². The van der Waals surface area contributed by atoms with E-state index in [1.165, 1.54) is 0 Å². The molecule has 1 aromatic carbocycles. The van der Waals surface area contributed by atoms with E-state index in [-0.39, 0.29) is 0 Å². The van der Waals surface area contributed by atoms with Gasteiger partial charge in [-0.25, -0.2) is 0 Å². The summed E-state index contributed by atoms with van der Waals surface area (Å²) in [5, 5.41) is 19.9. The molecule has 1 aromatic rings. The maximum absolute atomic E-state index is 9.84. The molecule has 0 saturated heterocycles. The van der Waals surface area contributed by atoms with Crippen molar-refractivity contribution in [3.05, 3.63) is 34.3 Å². The summed E-state index contributed by atoms with van der Waals surface area (Å²) < 4.78 is 0. The van der Waals surface area contributed by atoms with Crippen LogP contribution in [0.15, 0.2) is 18.2 Å². The SMILES string of the molecule is Cc1cccc(C(O)C(O)CCN)c1Cl. The minimum Gasteiger partial charge on any atom is -0.390 e. The molecule has 4 N–H and O–H groups in total. The molecule has 0 spiro atoms. The Morgan fingerprint density at radius 1 is 1.40 bits per heavy atom. The van der Waals surface area contributed by atoms with Gasteiger partial charge in [0, 0.05) is 10.6 Å². The van der Waals surface area contributed by atoms with Crippen LogP contribution in [0.4, 0.5) is 0 Å². The molecule has 1 rings (SSSR count). The second-order valence-corrected chi connectivity index (χ2v) is 3.95. The van der Waals surface area contributed by atoms with Gasteiger partial charge in [-0.05, 0) is 25.5 Å². The third-order valence-electron chi connectivity index (χ3n) is 2.37. The molecule has 2 atom stereocenters.